The van der Waals surface area contributed by atoms with E-state index in [0.29, 0.717) is 30.7 Å². The molecule has 0 radical (unpaired) electrons. The van der Waals surface area contributed by atoms with Crippen molar-refractivity contribution < 1.29 is 22.9 Å². The van der Waals surface area contributed by atoms with Gasteiger partial charge in [0.2, 0.25) is 15.8 Å². The molecule has 0 atom stereocenters. The largest absolute Gasteiger partial charge is 0.450 e. The Morgan fingerprint density at radius 1 is 1.00 bits per heavy atom. The molecule has 1 aliphatic rings. The van der Waals surface area contributed by atoms with Gasteiger partial charge in [-0.3, -0.25) is 14.9 Å². The molecule has 28 heavy (non-hydrogen) atoms. The summed E-state index contributed by atoms with van der Waals surface area (Å²) >= 11 is 0. The van der Waals surface area contributed by atoms with E-state index in [4.69, 9.17) is 4.74 Å². The number of carbonyl (C=O) groups is 1. The number of nitro benzene ring substituents is 1. The van der Waals surface area contributed by atoms with Gasteiger partial charge < -0.3 is 4.74 Å². The molecule has 3 rings (SSSR count). The maximum absolute atomic E-state index is 12.9. The maximum atomic E-state index is 12.9. The summed E-state index contributed by atoms with van der Waals surface area (Å²) in [4.78, 5) is 21.4. The van der Waals surface area contributed by atoms with Crippen LogP contribution in [-0.2, 0) is 10.0 Å². The lowest BCUT2D eigenvalue weighted by molar-refractivity contribution is -0.385. The van der Waals surface area contributed by atoms with Gasteiger partial charge in [0.15, 0.2) is 0 Å². The van der Waals surface area contributed by atoms with Gasteiger partial charge >= 0.3 is 5.69 Å². The molecule has 0 amide bonds. The molecule has 1 fully saturated rings. The molecule has 0 aromatic heterocycles. The smallest absolute Gasteiger partial charge is 0.312 e. The van der Waals surface area contributed by atoms with Crippen LogP contribution in [0.15, 0.2) is 47.4 Å². The van der Waals surface area contributed by atoms with E-state index in [1.54, 1.807) is 0 Å². The lowest BCUT2D eigenvalue weighted by Gasteiger charge is -2.20. The summed E-state index contributed by atoms with van der Waals surface area (Å²) in [6, 6.07) is 9.71. The number of ether oxygens (including phenoxy) is 1. The Hall–Kier alpha value is -2.78. The van der Waals surface area contributed by atoms with E-state index in [-0.39, 0.29) is 10.6 Å². The second kappa shape index (κ2) is 8.49. The summed E-state index contributed by atoms with van der Waals surface area (Å²) in [6.07, 6.45) is 4.18. The quantitative estimate of drug-likeness (QED) is 0.412. The number of benzene rings is 2. The molecule has 1 aliphatic heterocycles. The molecule has 0 N–H and O–H groups in total. The van der Waals surface area contributed by atoms with Crippen molar-refractivity contribution in [2.45, 2.75) is 30.6 Å². The summed E-state index contributed by atoms with van der Waals surface area (Å²) in [7, 11) is -3.81. The molecule has 0 aliphatic carbocycles. The zero-order valence-electron chi connectivity index (χ0n) is 15.1. The number of rotatable bonds is 6. The SMILES string of the molecule is O=Cc1ccc(Oc2ccc(S(=O)(=O)N3CCCCCC3)cc2[N+](=O)[O-])cc1. The van der Waals surface area contributed by atoms with Crippen molar-refractivity contribution in [3.05, 3.63) is 58.1 Å². The van der Waals surface area contributed by atoms with Crippen LogP contribution in [0.5, 0.6) is 11.5 Å². The molecule has 8 nitrogen and oxygen atoms in total. The predicted molar refractivity (Wildman–Crippen MR) is 102 cm³/mol. The molecule has 0 unspecified atom stereocenters. The van der Waals surface area contributed by atoms with Gasteiger partial charge in [-0.15, -0.1) is 0 Å². The van der Waals surface area contributed by atoms with Gasteiger partial charge in [-0.1, -0.05) is 12.8 Å². The fourth-order valence-electron chi connectivity index (χ4n) is 3.06. The second-order valence-electron chi connectivity index (χ2n) is 6.49. The minimum Gasteiger partial charge on any atom is -0.450 e. The van der Waals surface area contributed by atoms with Crippen molar-refractivity contribution >= 4 is 22.0 Å². The van der Waals surface area contributed by atoms with Gasteiger partial charge in [0, 0.05) is 24.7 Å². The Bertz CT molecular complexity index is 964. The third-order valence-electron chi connectivity index (χ3n) is 4.57. The van der Waals surface area contributed by atoms with Crippen molar-refractivity contribution in [3.8, 4) is 11.5 Å². The van der Waals surface area contributed by atoms with Crippen molar-refractivity contribution in [1.29, 1.82) is 0 Å². The van der Waals surface area contributed by atoms with Crippen molar-refractivity contribution in [1.82, 2.24) is 4.31 Å². The molecular weight excluding hydrogens is 384 g/mol. The lowest BCUT2D eigenvalue weighted by atomic mass is 10.2. The Morgan fingerprint density at radius 2 is 1.64 bits per heavy atom. The first-order valence-corrected chi connectivity index (χ1v) is 10.4. The summed E-state index contributed by atoms with van der Waals surface area (Å²) < 4.78 is 32.7. The van der Waals surface area contributed by atoms with Gasteiger partial charge in [-0.2, -0.15) is 4.31 Å². The van der Waals surface area contributed by atoms with Crippen molar-refractivity contribution in [2.75, 3.05) is 13.1 Å². The first kappa shape index (κ1) is 20.0. The van der Waals surface area contributed by atoms with Gasteiger partial charge in [0.05, 0.1) is 9.82 Å². The lowest BCUT2D eigenvalue weighted by Crippen LogP contribution is -2.31. The van der Waals surface area contributed by atoms with Crippen LogP contribution in [0.3, 0.4) is 0 Å². The van der Waals surface area contributed by atoms with Crippen LogP contribution in [0.4, 0.5) is 5.69 Å². The van der Waals surface area contributed by atoms with E-state index in [0.717, 1.165) is 31.7 Å². The van der Waals surface area contributed by atoms with E-state index >= 15 is 0 Å². The molecule has 2 aromatic rings. The van der Waals surface area contributed by atoms with Crippen LogP contribution < -0.4 is 4.74 Å². The molecule has 2 aromatic carbocycles. The van der Waals surface area contributed by atoms with E-state index in [1.165, 1.54) is 40.7 Å². The summed E-state index contributed by atoms with van der Waals surface area (Å²) in [5.74, 6) is 0.232. The number of carbonyl (C=O) groups excluding carboxylic acids is 1. The van der Waals surface area contributed by atoms with Gasteiger partial charge in [-0.25, -0.2) is 8.42 Å². The van der Waals surface area contributed by atoms with Gasteiger partial charge in [0.1, 0.15) is 12.0 Å². The third kappa shape index (κ3) is 4.37. The Morgan fingerprint density at radius 3 is 2.21 bits per heavy atom. The van der Waals surface area contributed by atoms with Crippen molar-refractivity contribution in [3.63, 3.8) is 0 Å². The number of hydrogen-bond acceptors (Lipinski definition) is 6. The Balaban J connectivity index is 1.91. The molecule has 0 saturated carbocycles. The molecule has 148 valence electrons. The van der Waals surface area contributed by atoms with Crippen LogP contribution in [0.2, 0.25) is 0 Å². The molecule has 0 spiro atoms. The standard InChI is InChI=1S/C19H20N2O6S/c22-14-15-5-7-16(8-6-15)27-19-10-9-17(13-18(19)21(23)24)28(25,26)20-11-3-1-2-4-12-20/h5-10,13-14H,1-4,11-12H2. The summed E-state index contributed by atoms with van der Waals surface area (Å²) in [5, 5.41) is 11.5. The minimum absolute atomic E-state index is 0.0707. The minimum atomic E-state index is -3.81. The first-order valence-electron chi connectivity index (χ1n) is 8.93. The van der Waals surface area contributed by atoms with E-state index in [2.05, 4.69) is 0 Å². The highest BCUT2D eigenvalue weighted by atomic mass is 32.2. The Kier molecular flexibility index (Phi) is 6.05. The number of nitro groups is 1. The third-order valence-corrected chi connectivity index (χ3v) is 6.47. The summed E-state index contributed by atoms with van der Waals surface area (Å²) in [5.41, 5.74) is 0.0103. The zero-order valence-corrected chi connectivity index (χ0v) is 15.9. The Labute approximate surface area is 162 Å². The van der Waals surface area contributed by atoms with Crippen LogP contribution >= 0.6 is 0 Å². The fourth-order valence-corrected chi connectivity index (χ4v) is 4.60. The van der Waals surface area contributed by atoms with Gasteiger partial charge in [0.25, 0.3) is 0 Å². The van der Waals surface area contributed by atoms with Crippen LogP contribution in [-0.4, -0.2) is 37.0 Å². The zero-order chi connectivity index (χ0) is 20.1. The number of nitrogens with zero attached hydrogens (tertiary/aromatic N) is 2. The van der Waals surface area contributed by atoms with Gasteiger partial charge in [-0.05, 0) is 49.2 Å². The normalized spacial score (nSPS) is 15.6. The van der Waals surface area contributed by atoms with Crippen LogP contribution in [0.1, 0.15) is 36.0 Å². The monoisotopic (exact) mass is 404 g/mol. The molecular formula is C19H20N2O6S. The van der Waals surface area contributed by atoms with Crippen molar-refractivity contribution in [2.24, 2.45) is 0 Å². The molecule has 9 heteroatoms. The predicted octanol–water partition coefficient (Wildman–Crippen LogP) is 3.76. The van der Waals surface area contributed by atoms with E-state index in [9.17, 15) is 23.3 Å². The molecule has 0 bridgehead atoms. The van der Waals surface area contributed by atoms with Crippen LogP contribution in [0, 0.1) is 10.1 Å². The van der Waals surface area contributed by atoms with E-state index in [1.807, 2.05) is 0 Å². The fraction of sp³-hybridized carbons (Fsp3) is 0.316. The highest BCUT2D eigenvalue weighted by molar-refractivity contribution is 7.89. The van der Waals surface area contributed by atoms with E-state index < -0.39 is 20.6 Å². The molecule has 1 heterocycles. The molecule has 1 saturated heterocycles. The number of hydrogen-bond donors (Lipinski definition) is 0. The summed E-state index contributed by atoms with van der Waals surface area (Å²) in [6.45, 7) is 0.828. The van der Waals surface area contributed by atoms with Crippen LogP contribution in [0.25, 0.3) is 0 Å². The highest BCUT2D eigenvalue weighted by Crippen LogP contribution is 2.34. The first-order chi connectivity index (χ1) is 13.4. The average Bonchev–Trinajstić information content (AvgIpc) is 2.98. The number of aldehydes is 1. The number of sulfonamides is 1. The second-order valence-corrected chi connectivity index (χ2v) is 8.43. The topological polar surface area (TPSA) is 107 Å². The average molecular weight is 404 g/mol. The highest BCUT2D eigenvalue weighted by Gasteiger charge is 2.28. The maximum Gasteiger partial charge on any atom is 0.312 e.